The van der Waals surface area contributed by atoms with Gasteiger partial charge < -0.3 is 15.5 Å². The number of hydrogen-bond acceptors (Lipinski definition) is 2. The molecule has 1 heterocycles. The van der Waals surface area contributed by atoms with Crippen molar-refractivity contribution in [2.45, 2.75) is 45.6 Å². The molecule has 1 aromatic carbocycles. The molecule has 1 unspecified atom stereocenters. The Morgan fingerprint density at radius 1 is 1.22 bits per heavy atom. The monoisotopic (exact) mass is 494 g/mol. The molecule has 0 saturated carbocycles. The second-order valence-corrected chi connectivity index (χ2v) is 7.63. The van der Waals surface area contributed by atoms with Crippen LogP contribution in [0.4, 0.5) is 8.78 Å². The molecule has 0 aromatic heterocycles. The van der Waals surface area contributed by atoms with Crippen LogP contribution in [0.5, 0.6) is 0 Å². The maximum Gasteiger partial charge on any atom is 0.191 e. The Bertz CT molecular complexity index is 602. The first-order chi connectivity index (χ1) is 12.4. The lowest BCUT2D eigenvalue weighted by molar-refractivity contribution is 0.187. The summed E-state index contributed by atoms with van der Waals surface area (Å²) in [6.45, 7) is 10.3. The van der Waals surface area contributed by atoms with Gasteiger partial charge in [-0.3, -0.25) is 4.99 Å². The minimum Gasteiger partial charge on any atom is -0.356 e. The van der Waals surface area contributed by atoms with Crippen LogP contribution in [0.1, 0.15) is 45.1 Å². The highest BCUT2D eigenvalue weighted by Gasteiger charge is 2.20. The first-order valence-corrected chi connectivity index (χ1v) is 9.53. The lowest BCUT2D eigenvalue weighted by atomic mass is 10.0. The van der Waals surface area contributed by atoms with Gasteiger partial charge in [0, 0.05) is 51.3 Å². The highest BCUT2D eigenvalue weighted by Crippen LogP contribution is 2.19. The molecule has 1 saturated heterocycles. The average Bonchev–Trinajstić information content (AvgIpc) is 2.59. The zero-order valence-corrected chi connectivity index (χ0v) is 19.1. The summed E-state index contributed by atoms with van der Waals surface area (Å²) in [5, 5.41) is 6.73. The summed E-state index contributed by atoms with van der Waals surface area (Å²) in [5.41, 5.74) is 0.511. The van der Waals surface area contributed by atoms with Gasteiger partial charge in [0.05, 0.1) is 0 Å². The Morgan fingerprint density at radius 3 is 2.44 bits per heavy atom. The van der Waals surface area contributed by atoms with Crippen LogP contribution in [-0.2, 0) is 0 Å². The van der Waals surface area contributed by atoms with Gasteiger partial charge in [0.1, 0.15) is 11.6 Å². The molecule has 0 aliphatic carbocycles. The van der Waals surface area contributed by atoms with E-state index in [1.54, 1.807) is 7.05 Å². The smallest absolute Gasteiger partial charge is 0.191 e. The molecular formula is C20H33F2IN4. The fourth-order valence-electron chi connectivity index (χ4n) is 3.43. The predicted octanol–water partition coefficient (Wildman–Crippen LogP) is 3.97. The lowest BCUT2D eigenvalue weighted by Crippen LogP contribution is -2.49. The third kappa shape index (κ3) is 7.89. The minimum absolute atomic E-state index is 0. The average molecular weight is 494 g/mol. The van der Waals surface area contributed by atoms with E-state index in [-0.39, 0.29) is 29.9 Å². The van der Waals surface area contributed by atoms with Crippen molar-refractivity contribution in [3.63, 3.8) is 0 Å². The Kier molecular flexibility index (Phi) is 10.5. The molecular weight excluding hydrogens is 461 g/mol. The number of halogens is 3. The third-order valence-corrected chi connectivity index (χ3v) is 4.84. The topological polar surface area (TPSA) is 39.7 Å². The summed E-state index contributed by atoms with van der Waals surface area (Å²) in [5.74, 6) is 0.304. The number of guanidine groups is 1. The summed E-state index contributed by atoms with van der Waals surface area (Å²) < 4.78 is 26.9. The molecule has 2 rings (SSSR count). The van der Waals surface area contributed by atoms with E-state index >= 15 is 0 Å². The van der Waals surface area contributed by atoms with Crippen LogP contribution >= 0.6 is 24.0 Å². The molecule has 2 N–H and O–H groups in total. The van der Waals surface area contributed by atoms with Gasteiger partial charge in [-0.1, -0.05) is 26.8 Å². The first-order valence-electron chi connectivity index (χ1n) is 9.53. The fourth-order valence-corrected chi connectivity index (χ4v) is 3.43. The van der Waals surface area contributed by atoms with Crippen LogP contribution in [0.25, 0.3) is 0 Å². The molecule has 4 nitrogen and oxygen atoms in total. The highest BCUT2D eigenvalue weighted by molar-refractivity contribution is 14.0. The number of piperidine rings is 1. The number of nitrogens with zero attached hydrogens (tertiary/aromatic N) is 2. The van der Waals surface area contributed by atoms with Crippen LogP contribution in [0.2, 0.25) is 0 Å². The lowest BCUT2D eigenvalue weighted by Gasteiger charge is -2.34. The van der Waals surface area contributed by atoms with Crippen molar-refractivity contribution in [3.8, 4) is 0 Å². The molecule has 154 valence electrons. The molecule has 27 heavy (non-hydrogen) atoms. The van der Waals surface area contributed by atoms with Gasteiger partial charge >= 0.3 is 0 Å². The van der Waals surface area contributed by atoms with Gasteiger partial charge in [-0.2, -0.15) is 0 Å². The van der Waals surface area contributed by atoms with E-state index < -0.39 is 11.6 Å². The van der Waals surface area contributed by atoms with E-state index in [1.165, 1.54) is 12.1 Å². The maximum absolute atomic E-state index is 13.9. The zero-order chi connectivity index (χ0) is 19.1. The van der Waals surface area contributed by atoms with E-state index in [0.717, 1.165) is 44.5 Å². The molecule has 1 fully saturated rings. The van der Waals surface area contributed by atoms with Crippen molar-refractivity contribution in [3.05, 3.63) is 35.4 Å². The number of nitrogens with one attached hydrogen (secondary N) is 2. The van der Waals surface area contributed by atoms with Gasteiger partial charge in [-0.25, -0.2) is 8.78 Å². The summed E-state index contributed by atoms with van der Waals surface area (Å²) in [6, 6.07) is 4.15. The Balaban J connectivity index is 0.00000364. The Morgan fingerprint density at radius 2 is 1.89 bits per heavy atom. The molecule has 0 amide bonds. The molecule has 1 aliphatic heterocycles. The van der Waals surface area contributed by atoms with Gasteiger partial charge in [-0.05, 0) is 30.4 Å². The number of benzene rings is 1. The van der Waals surface area contributed by atoms with Crippen molar-refractivity contribution >= 4 is 29.9 Å². The molecule has 0 bridgehead atoms. The minimum atomic E-state index is -0.548. The fraction of sp³-hybridized carbons (Fsp3) is 0.650. The van der Waals surface area contributed by atoms with Crippen molar-refractivity contribution in [2.24, 2.45) is 10.9 Å². The standard InChI is InChI=1S/C20H32F2N4.HI/c1-14(2)13-26-9-7-17(8-10-26)25-20(23-4)24-12-15(3)18-6-5-16(21)11-19(18)22;/h5-6,11,14-15,17H,7-10,12-13H2,1-4H3,(H2,23,24,25);1H. The van der Waals surface area contributed by atoms with Gasteiger partial charge in [-0.15, -0.1) is 24.0 Å². The number of aliphatic imine (C=N–C) groups is 1. The van der Waals surface area contributed by atoms with Gasteiger partial charge in [0.25, 0.3) is 0 Å². The van der Waals surface area contributed by atoms with Crippen LogP contribution in [0.15, 0.2) is 23.2 Å². The predicted molar refractivity (Wildman–Crippen MR) is 119 cm³/mol. The largest absolute Gasteiger partial charge is 0.356 e. The van der Waals surface area contributed by atoms with Crippen LogP contribution in [0, 0.1) is 17.6 Å². The SMILES string of the molecule is CN=C(NCC(C)c1ccc(F)cc1F)NC1CCN(CC(C)C)CC1.I. The second kappa shape index (κ2) is 11.8. The Hall–Kier alpha value is -0.960. The normalized spacial score (nSPS) is 17.5. The van der Waals surface area contributed by atoms with Crippen LogP contribution in [-0.4, -0.2) is 50.1 Å². The van der Waals surface area contributed by atoms with Crippen molar-refractivity contribution < 1.29 is 8.78 Å². The van der Waals surface area contributed by atoms with Crippen LogP contribution < -0.4 is 10.6 Å². The summed E-state index contributed by atoms with van der Waals surface area (Å²) in [4.78, 5) is 6.79. The van der Waals surface area contributed by atoms with E-state index in [4.69, 9.17) is 0 Å². The van der Waals surface area contributed by atoms with E-state index in [1.807, 2.05) is 6.92 Å². The Labute approximate surface area is 179 Å². The van der Waals surface area contributed by atoms with Gasteiger partial charge in [0.2, 0.25) is 0 Å². The van der Waals surface area contributed by atoms with Crippen molar-refractivity contribution in [2.75, 3.05) is 33.2 Å². The third-order valence-electron chi connectivity index (χ3n) is 4.84. The number of likely N-dealkylation sites (tertiary alicyclic amines) is 1. The zero-order valence-electron chi connectivity index (χ0n) is 16.8. The second-order valence-electron chi connectivity index (χ2n) is 7.63. The van der Waals surface area contributed by atoms with E-state index in [0.29, 0.717) is 24.1 Å². The van der Waals surface area contributed by atoms with Crippen molar-refractivity contribution in [1.29, 1.82) is 0 Å². The quantitative estimate of drug-likeness (QED) is 0.357. The van der Waals surface area contributed by atoms with E-state index in [2.05, 4.69) is 34.4 Å². The van der Waals surface area contributed by atoms with E-state index in [9.17, 15) is 8.78 Å². The molecule has 0 radical (unpaired) electrons. The summed E-state index contributed by atoms with van der Waals surface area (Å²) in [7, 11) is 1.74. The molecule has 1 aliphatic rings. The first kappa shape index (κ1) is 24.1. The van der Waals surface area contributed by atoms with Crippen molar-refractivity contribution in [1.82, 2.24) is 15.5 Å². The molecule has 7 heteroatoms. The summed E-state index contributed by atoms with van der Waals surface area (Å²) >= 11 is 0. The van der Waals surface area contributed by atoms with Crippen LogP contribution in [0.3, 0.4) is 0 Å². The summed E-state index contributed by atoms with van der Waals surface area (Å²) in [6.07, 6.45) is 2.19. The number of hydrogen-bond donors (Lipinski definition) is 2. The number of rotatable bonds is 6. The van der Waals surface area contributed by atoms with Gasteiger partial charge in [0.15, 0.2) is 5.96 Å². The molecule has 1 atom stereocenters. The molecule has 1 aromatic rings. The molecule has 0 spiro atoms. The highest BCUT2D eigenvalue weighted by atomic mass is 127. The maximum atomic E-state index is 13.9.